The molecule has 2 rings (SSSR count). The summed E-state index contributed by atoms with van der Waals surface area (Å²) in [6, 6.07) is 7.19. The van der Waals surface area contributed by atoms with Crippen molar-refractivity contribution in [3.8, 4) is 0 Å². The SMILES string of the molecule is CCN(CCn1c(=O)oc2ccccc21)CC(=O)O. The van der Waals surface area contributed by atoms with Gasteiger partial charge in [-0.25, -0.2) is 4.79 Å². The van der Waals surface area contributed by atoms with Crippen LogP contribution < -0.4 is 5.76 Å². The Bertz CT molecular complexity index is 629. The van der Waals surface area contributed by atoms with Crippen molar-refractivity contribution in [2.24, 2.45) is 0 Å². The smallest absolute Gasteiger partial charge is 0.419 e. The van der Waals surface area contributed by atoms with Gasteiger partial charge in [0.2, 0.25) is 0 Å². The molecule has 102 valence electrons. The maximum atomic E-state index is 11.7. The van der Waals surface area contributed by atoms with Gasteiger partial charge in [0.15, 0.2) is 5.58 Å². The number of fused-ring (bicyclic) bond motifs is 1. The number of carboxylic acids is 1. The van der Waals surface area contributed by atoms with Gasteiger partial charge in [0.25, 0.3) is 0 Å². The summed E-state index contributed by atoms with van der Waals surface area (Å²) in [7, 11) is 0. The van der Waals surface area contributed by atoms with E-state index in [4.69, 9.17) is 9.52 Å². The van der Waals surface area contributed by atoms with Crippen molar-refractivity contribution in [2.45, 2.75) is 13.5 Å². The summed E-state index contributed by atoms with van der Waals surface area (Å²) in [5, 5.41) is 8.77. The molecule has 0 amide bonds. The molecule has 0 bridgehead atoms. The first-order chi connectivity index (χ1) is 9.11. The van der Waals surface area contributed by atoms with Gasteiger partial charge in [-0.1, -0.05) is 19.1 Å². The van der Waals surface area contributed by atoms with Gasteiger partial charge < -0.3 is 9.52 Å². The van der Waals surface area contributed by atoms with Crippen LogP contribution in [0.15, 0.2) is 33.5 Å². The Balaban J connectivity index is 2.15. The molecule has 0 atom stereocenters. The molecule has 0 fully saturated rings. The van der Waals surface area contributed by atoms with Crippen LogP contribution in [0.5, 0.6) is 0 Å². The molecular formula is C13H16N2O4. The zero-order chi connectivity index (χ0) is 13.8. The summed E-state index contributed by atoms with van der Waals surface area (Å²) in [4.78, 5) is 24.2. The van der Waals surface area contributed by atoms with E-state index in [9.17, 15) is 9.59 Å². The molecule has 0 radical (unpaired) electrons. The van der Waals surface area contributed by atoms with Crippen LogP contribution in [0, 0.1) is 0 Å². The first kappa shape index (κ1) is 13.4. The number of hydrogen-bond donors (Lipinski definition) is 1. The average Bonchev–Trinajstić information content (AvgIpc) is 2.70. The second kappa shape index (κ2) is 5.71. The summed E-state index contributed by atoms with van der Waals surface area (Å²) in [6.07, 6.45) is 0. The van der Waals surface area contributed by atoms with Gasteiger partial charge >= 0.3 is 11.7 Å². The molecule has 19 heavy (non-hydrogen) atoms. The number of carboxylic acid groups (broad SMARTS) is 1. The number of rotatable bonds is 6. The molecule has 0 aliphatic carbocycles. The van der Waals surface area contributed by atoms with Crippen molar-refractivity contribution in [1.82, 2.24) is 9.47 Å². The molecular weight excluding hydrogens is 248 g/mol. The molecule has 2 aromatic rings. The predicted molar refractivity (Wildman–Crippen MR) is 70.2 cm³/mol. The summed E-state index contributed by atoms with van der Waals surface area (Å²) in [5.41, 5.74) is 1.28. The van der Waals surface area contributed by atoms with Crippen LogP contribution in [0.1, 0.15) is 6.92 Å². The lowest BCUT2D eigenvalue weighted by molar-refractivity contribution is -0.138. The first-order valence-electron chi connectivity index (χ1n) is 6.14. The molecule has 6 heteroatoms. The maximum absolute atomic E-state index is 11.7. The van der Waals surface area contributed by atoms with Gasteiger partial charge in [-0.3, -0.25) is 14.3 Å². The van der Waals surface area contributed by atoms with Crippen molar-refractivity contribution in [1.29, 1.82) is 0 Å². The quantitative estimate of drug-likeness (QED) is 0.842. The molecule has 1 N–H and O–H groups in total. The molecule has 0 saturated heterocycles. The monoisotopic (exact) mass is 264 g/mol. The van der Waals surface area contributed by atoms with Crippen LogP contribution in [0.3, 0.4) is 0 Å². The van der Waals surface area contributed by atoms with E-state index in [-0.39, 0.29) is 6.54 Å². The largest absolute Gasteiger partial charge is 0.480 e. The number of para-hydroxylation sites is 2. The zero-order valence-corrected chi connectivity index (χ0v) is 10.7. The Hall–Kier alpha value is -2.08. The number of oxazole rings is 1. The van der Waals surface area contributed by atoms with Crippen molar-refractivity contribution in [3.63, 3.8) is 0 Å². The molecule has 1 aromatic carbocycles. The molecule has 1 aromatic heterocycles. The van der Waals surface area contributed by atoms with E-state index in [1.807, 2.05) is 19.1 Å². The van der Waals surface area contributed by atoms with E-state index in [1.54, 1.807) is 17.0 Å². The molecule has 0 aliphatic heterocycles. The average molecular weight is 264 g/mol. The minimum Gasteiger partial charge on any atom is -0.480 e. The Labute approximate surface area is 109 Å². The number of hydrogen-bond acceptors (Lipinski definition) is 4. The fourth-order valence-corrected chi connectivity index (χ4v) is 2.01. The standard InChI is InChI=1S/C13H16N2O4/c1-2-14(9-12(16)17)7-8-15-10-5-3-4-6-11(10)19-13(15)18/h3-6H,2,7-9H2,1H3,(H,16,17). The normalized spacial score (nSPS) is 11.3. The lowest BCUT2D eigenvalue weighted by Gasteiger charge is -2.17. The van der Waals surface area contributed by atoms with Gasteiger partial charge in [-0.15, -0.1) is 0 Å². The third-order valence-electron chi connectivity index (χ3n) is 3.02. The van der Waals surface area contributed by atoms with Crippen LogP contribution in [-0.4, -0.2) is 40.2 Å². The maximum Gasteiger partial charge on any atom is 0.419 e. The van der Waals surface area contributed by atoms with E-state index in [0.717, 1.165) is 5.52 Å². The minimum atomic E-state index is -0.869. The van der Waals surface area contributed by atoms with E-state index in [2.05, 4.69) is 0 Å². The summed E-state index contributed by atoms with van der Waals surface area (Å²) < 4.78 is 6.65. The van der Waals surface area contributed by atoms with Crippen molar-refractivity contribution in [3.05, 3.63) is 34.8 Å². The van der Waals surface area contributed by atoms with E-state index in [0.29, 0.717) is 25.2 Å². The minimum absolute atomic E-state index is 0.0268. The van der Waals surface area contributed by atoms with Crippen molar-refractivity contribution >= 4 is 17.1 Å². The van der Waals surface area contributed by atoms with E-state index >= 15 is 0 Å². The number of nitrogens with zero attached hydrogens (tertiary/aromatic N) is 2. The van der Waals surface area contributed by atoms with Crippen LogP contribution in [0.4, 0.5) is 0 Å². The molecule has 0 unspecified atom stereocenters. The number of carbonyl (C=O) groups is 1. The predicted octanol–water partition coefficient (Wildman–Crippen LogP) is 1.00. The van der Waals surface area contributed by atoms with Gasteiger partial charge in [0.05, 0.1) is 12.1 Å². The molecule has 6 nitrogen and oxygen atoms in total. The Morgan fingerprint density at radius 3 is 2.84 bits per heavy atom. The van der Waals surface area contributed by atoms with Gasteiger partial charge in [-0.05, 0) is 18.7 Å². The second-order valence-corrected chi connectivity index (χ2v) is 4.25. The van der Waals surface area contributed by atoms with Crippen LogP contribution in [0.25, 0.3) is 11.1 Å². The Kier molecular flexibility index (Phi) is 4.01. The first-order valence-corrected chi connectivity index (χ1v) is 6.14. The van der Waals surface area contributed by atoms with Crippen molar-refractivity contribution in [2.75, 3.05) is 19.6 Å². The molecule has 0 saturated carbocycles. The van der Waals surface area contributed by atoms with Crippen LogP contribution >= 0.6 is 0 Å². The van der Waals surface area contributed by atoms with Crippen molar-refractivity contribution < 1.29 is 14.3 Å². The van der Waals surface area contributed by atoms with E-state index < -0.39 is 11.7 Å². The molecule has 0 aliphatic rings. The van der Waals surface area contributed by atoms with Gasteiger partial charge in [0, 0.05) is 13.1 Å². The highest BCUT2D eigenvalue weighted by Gasteiger charge is 2.11. The van der Waals surface area contributed by atoms with Gasteiger partial charge in [0.1, 0.15) is 0 Å². The number of aromatic nitrogens is 1. The topological polar surface area (TPSA) is 75.7 Å². The second-order valence-electron chi connectivity index (χ2n) is 4.25. The summed E-state index contributed by atoms with van der Waals surface area (Å²) in [6.45, 7) is 3.39. The third kappa shape index (κ3) is 3.03. The Morgan fingerprint density at radius 1 is 1.42 bits per heavy atom. The highest BCUT2D eigenvalue weighted by Crippen LogP contribution is 2.11. The lowest BCUT2D eigenvalue weighted by atomic mass is 10.3. The van der Waals surface area contributed by atoms with Crippen LogP contribution in [0.2, 0.25) is 0 Å². The zero-order valence-electron chi connectivity index (χ0n) is 10.7. The molecule has 0 spiro atoms. The summed E-state index contributed by atoms with van der Waals surface area (Å²) in [5.74, 6) is -1.28. The van der Waals surface area contributed by atoms with Crippen LogP contribution in [-0.2, 0) is 11.3 Å². The number of likely N-dealkylation sites (N-methyl/N-ethyl adjacent to an activating group) is 1. The fourth-order valence-electron chi connectivity index (χ4n) is 2.01. The fraction of sp³-hybridized carbons (Fsp3) is 0.385. The Morgan fingerprint density at radius 2 is 2.16 bits per heavy atom. The molecule has 1 heterocycles. The summed E-state index contributed by atoms with van der Waals surface area (Å²) >= 11 is 0. The highest BCUT2D eigenvalue weighted by molar-refractivity contribution is 5.72. The van der Waals surface area contributed by atoms with E-state index in [1.165, 1.54) is 4.57 Å². The number of benzene rings is 1. The van der Waals surface area contributed by atoms with Gasteiger partial charge in [-0.2, -0.15) is 0 Å². The highest BCUT2D eigenvalue weighted by atomic mass is 16.4. The lowest BCUT2D eigenvalue weighted by Crippen LogP contribution is -2.33. The number of aliphatic carboxylic acids is 1. The third-order valence-corrected chi connectivity index (χ3v) is 3.02.